The number of hydrogen-bond donors (Lipinski definition) is 1. The first-order chi connectivity index (χ1) is 17.8. The SMILES string of the molecule is CC(C)Oc1ccc(C2/C(=C(/O)c3ccc4c(c3)OCO4)C(=O)C(=O)N2CCc2ccc(F)cc2)cc1. The third-order valence-electron chi connectivity index (χ3n) is 6.31. The summed E-state index contributed by atoms with van der Waals surface area (Å²) in [5.41, 5.74) is 1.79. The summed E-state index contributed by atoms with van der Waals surface area (Å²) in [6, 6.07) is 17.1. The van der Waals surface area contributed by atoms with Gasteiger partial charge in [0.2, 0.25) is 6.79 Å². The Bertz CT molecular complexity index is 1360. The highest BCUT2D eigenvalue weighted by Crippen LogP contribution is 2.41. The molecule has 0 aromatic heterocycles. The van der Waals surface area contributed by atoms with Crippen molar-refractivity contribution >= 4 is 17.4 Å². The van der Waals surface area contributed by atoms with E-state index in [1.54, 1.807) is 54.6 Å². The normalized spacial score (nSPS) is 18.1. The number of ether oxygens (including phenoxy) is 3. The van der Waals surface area contributed by atoms with Gasteiger partial charge in [0.05, 0.1) is 17.7 Å². The molecule has 0 bridgehead atoms. The largest absolute Gasteiger partial charge is 0.507 e. The minimum atomic E-state index is -0.820. The molecule has 0 radical (unpaired) electrons. The van der Waals surface area contributed by atoms with E-state index >= 15 is 0 Å². The highest BCUT2D eigenvalue weighted by Gasteiger charge is 2.46. The number of rotatable bonds is 7. The Labute approximate surface area is 213 Å². The van der Waals surface area contributed by atoms with Crippen molar-refractivity contribution in [2.24, 2.45) is 0 Å². The molecule has 2 heterocycles. The molecule has 0 spiro atoms. The maximum atomic E-state index is 13.4. The van der Waals surface area contributed by atoms with Crippen LogP contribution in [-0.2, 0) is 16.0 Å². The Kier molecular flexibility index (Phi) is 6.56. The summed E-state index contributed by atoms with van der Waals surface area (Å²) >= 11 is 0. The lowest BCUT2D eigenvalue weighted by molar-refractivity contribution is -0.139. The summed E-state index contributed by atoms with van der Waals surface area (Å²) in [5, 5.41) is 11.3. The molecule has 3 aromatic carbocycles. The second-order valence-electron chi connectivity index (χ2n) is 9.17. The number of hydrogen-bond acceptors (Lipinski definition) is 6. The smallest absolute Gasteiger partial charge is 0.295 e. The van der Waals surface area contributed by atoms with Crippen LogP contribution >= 0.6 is 0 Å². The Balaban J connectivity index is 1.54. The molecule has 0 aliphatic carbocycles. The van der Waals surface area contributed by atoms with Crippen LogP contribution in [0.1, 0.15) is 36.6 Å². The van der Waals surface area contributed by atoms with Crippen LogP contribution in [0.5, 0.6) is 17.2 Å². The number of benzene rings is 3. The number of nitrogens with zero attached hydrogens (tertiary/aromatic N) is 1. The van der Waals surface area contributed by atoms with E-state index in [4.69, 9.17) is 14.2 Å². The van der Waals surface area contributed by atoms with Crippen molar-refractivity contribution in [2.45, 2.75) is 32.4 Å². The van der Waals surface area contributed by atoms with Gasteiger partial charge >= 0.3 is 0 Å². The highest BCUT2D eigenvalue weighted by atomic mass is 19.1. The van der Waals surface area contributed by atoms with Crippen molar-refractivity contribution in [3.05, 3.63) is 94.8 Å². The molecular formula is C29H26FNO6. The van der Waals surface area contributed by atoms with E-state index in [0.717, 1.165) is 5.56 Å². The van der Waals surface area contributed by atoms with Gasteiger partial charge in [-0.25, -0.2) is 4.39 Å². The van der Waals surface area contributed by atoms with Crippen molar-refractivity contribution in [3.63, 3.8) is 0 Å². The topological polar surface area (TPSA) is 85.3 Å². The van der Waals surface area contributed by atoms with Crippen molar-refractivity contribution in [2.75, 3.05) is 13.3 Å². The van der Waals surface area contributed by atoms with Gasteiger partial charge in [0, 0.05) is 12.1 Å². The molecule has 1 unspecified atom stereocenters. The number of likely N-dealkylation sites (tertiary alicyclic amines) is 1. The number of carbonyl (C=O) groups excluding carboxylic acids is 2. The summed E-state index contributed by atoms with van der Waals surface area (Å²) in [5.74, 6) is -0.503. The van der Waals surface area contributed by atoms with Crippen LogP contribution in [0.25, 0.3) is 5.76 Å². The third-order valence-corrected chi connectivity index (χ3v) is 6.31. The average Bonchev–Trinajstić information content (AvgIpc) is 3.45. The van der Waals surface area contributed by atoms with Gasteiger partial charge in [-0.1, -0.05) is 24.3 Å². The number of fused-ring (bicyclic) bond motifs is 1. The Morgan fingerprint density at radius 2 is 1.73 bits per heavy atom. The van der Waals surface area contributed by atoms with E-state index in [1.807, 2.05) is 13.8 Å². The number of aliphatic hydroxyl groups is 1. The molecule has 7 nitrogen and oxygen atoms in total. The molecule has 0 saturated carbocycles. The molecule has 8 heteroatoms. The summed E-state index contributed by atoms with van der Waals surface area (Å²) in [4.78, 5) is 27.9. The van der Waals surface area contributed by atoms with Gasteiger partial charge in [0.1, 0.15) is 17.3 Å². The zero-order valence-electron chi connectivity index (χ0n) is 20.4. The highest BCUT2D eigenvalue weighted by molar-refractivity contribution is 6.46. The van der Waals surface area contributed by atoms with Gasteiger partial charge in [-0.3, -0.25) is 9.59 Å². The second kappa shape index (κ2) is 9.97. The molecule has 1 N–H and O–H groups in total. The van der Waals surface area contributed by atoms with E-state index in [-0.39, 0.29) is 36.6 Å². The van der Waals surface area contributed by atoms with Gasteiger partial charge in [0.25, 0.3) is 11.7 Å². The fourth-order valence-corrected chi connectivity index (χ4v) is 4.56. The molecule has 1 saturated heterocycles. The number of aliphatic hydroxyl groups excluding tert-OH is 1. The summed E-state index contributed by atoms with van der Waals surface area (Å²) in [7, 11) is 0. The Hall–Kier alpha value is -4.33. The predicted octanol–water partition coefficient (Wildman–Crippen LogP) is 5.01. The second-order valence-corrected chi connectivity index (χ2v) is 9.17. The zero-order chi connectivity index (χ0) is 26.1. The van der Waals surface area contributed by atoms with Crippen LogP contribution in [0.15, 0.2) is 72.3 Å². The van der Waals surface area contributed by atoms with Crippen molar-refractivity contribution in [3.8, 4) is 17.2 Å². The number of ketones is 1. The fourth-order valence-electron chi connectivity index (χ4n) is 4.56. The molecular weight excluding hydrogens is 477 g/mol. The van der Waals surface area contributed by atoms with Crippen LogP contribution in [0.4, 0.5) is 4.39 Å². The van der Waals surface area contributed by atoms with Crippen molar-refractivity contribution in [1.82, 2.24) is 4.90 Å². The molecule has 5 rings (SSSR count). The monoisotopic (exact) mass is 503 g/mol. The maximum Gasteiger partial charge on any atom is 0.295 e. The fraction of sp³-hybridized carbons (Fsp3) is 0.241. The lowest BCUT2D eigenvalue weighted by Crippen LogP contribution is -2.31. The lowest BCUT2D eigenvalue weighted by atomic mass is 9.95. The maximum absolute atomic E-state index is 13.4. The predicted molar refractivity (Wildman–Crippen MR) is 134 cm³/mol. The van der Waals surface area contributed by atoms with Gasteiger partial charge in [-0.15, -0.1) is 0 Å². The average molecular weight is 504 g/mol. The Morgan fingerprint density at radius 1 is 1.03 bits per heavy atom. The van der Waals surface area contributed by atoms with Crippen molar-refractivity contribution in [1.29, 1.82) is 0 Å². The minimum Gasteiger partial charge on any atom is -0.507 e. The molecule has 1 fully saturated rings. The third kappa shape index (κ3) is 4.87. The van der Waals surface area contributed by atoms with E-state index < -0.39 is 17.7 Å². The standard InChI is InChI=1S/C29H26FNO6/c1-17(2)37-22-10-5-19(6-11-22)26-25(27(32)20-7-12-23-24(15-20)36-16-35-23)28(33)29(34)31(26)14-13-18-3-8-21(30)9-4-18/h3-12,15,17,26,32H,13-14,16H2,1-2H3/b27-25-. The lowest BCUT2D eigenvalue weighted by Gasteiger charge is -2.25. The van der Waals surface area contributed by atoms with Gasteiger partial charge in [-0.2, -0.15) is 0 Å². The zero-order valence-corrected chi connectivity index (χ0v) is 20.4. The van der Waals surface area contributed by atoms with Crippen LogP contribution in [0, 0.1) is 5.82 Å². The molecule has 37 heavy (non-hydrogen) atoms. The molecule has 1 atom stereocenters. The Morgan fingerprint density at radius 3 is 2.43 bits per heavy atom. The van der Waals surface area contributed by atoms with Gasteiger partial charge in [0.15, 0.2) is 11.5 Å². The van der Waals surface area contributed by atoms with Gasteiger partial charge in [-0.05, 0) is 73.9 Å². The van der Waals surface area contributed by atoms with Crippen LogP contribution in [-0.4, -0.2) is 41.1 Å². The first kappa shape index (κ1) is 24.4. The summed E-state index contributed by atoms with van der Waals surface area (Å²) in [6.07, 6.45) is 0.390. The number of halogens is 1. The first-order valence-electron chi connectivity index (χ1n) is 12.0. The number of amides is 1. The quantitative estimate of drug-likeness (QED) is 0.277. The number of carbonyl (C=O) groups is 2. The molecule has 1 amide bonds. The minimum absolute atomic E-state index is 0.0134. The van der Waals surface area contributed by atoms with Crippen LogP contribution in [0.2, 0.25) is 0 Å². The molecule has 190 valence electrons. The first-order valence-corrected chi connectivity index (χ1v) is 12.0. The van der Waals surface area contributed by atoms with Crippen LogP contribution < -0.4 is 14.2 Å². The van der Waals surface area contributed by atoms with E-state index in [1.165, 1.54) is 17.0 Å². The van der Waals surface area contributed by atoms with E-state index in [2.05, 4.69) is 0 Å². The molecule has 2 aliphatic rings. The summed E-state index contributed by atoms with van der Waals surface area (Å²) < 4.78 is 29.8. The van der Waals surface area contributed by atoms with Gasteiger partial charge < -0.3 is 24.2 Å². The van der Waals surface area contributed by atoms with E-state index in [9.17, 15) is 19.1 Å². The molecule has 2 aliphatic heterocycles. The summed E-state index contributed by atoms with van der Waals surface area (Å²) in [6.45, 7) is 4.11. The molecule has 3 aromatic rings. The number of Topliss-reactive ketones (excluding diaryl/α,β-unsaturated/α-hetero) is 1. The van der Waals surface area contributed by atoms with Crippen molar-refractivity contribution < 1.29 is 33.3 Å². The van der Waals surface area contributed by atoms with E-state index in [0.29, 0.717) is 34.8 Å². The van der Waals surface area contributed by atoms with Crippen LogP contribution in [0.3, 0.4) is 0 Å².